The molecule has 21 heavy (non-hydrogen) atoms. The Bertz CT molecular complexity index is 503. The number of urea groups is 1. The summed E-state index contributed by atoms with van der Waals surface area (Å²) in [7, 11) is 1.54. The van der Waals surface area contributed by atoms with E-state index in [4.69, 9.17) is 10.2 Å². The second-order valence-electron chi connectivity index (χ2n) is 4.61. The zero-order chi connectivity index (χ0) is 15.8. The van der Waals surface area contributed by atoms with Crippen LogP contribution in [0.3, 0.4) is 0 Å². The minimum atomic E-state index is -1.25. The largest absolute Gasteiger partial charge is 0.481 e. The van der Waals surface area contributed by atoms with E-state index in [1.807, 2.05) is 30.3 Å². The maximum atomic E-state index is 11.9. The van der Waals surface area contributed by atoms with Gasteiger partial charge in [-0.05, 0) is 12.0 Å². The predicted octanol–water partition coefficient (Wildman–Crippen LogP) is 1.15. The van der Waals surface area contributed by atoms with Crippen molar-refractivity contribution >= 4 is 18.0 Å². The van der Waals surface area contributed by atoms with Crippen molar-refractivity contribution in [2.45, 2.75) is 25.4 Å². The van der Waals surface area contributed by atoms with Crippen LogP contribution in [-0.4, -0.2) is 46.2 Å². The molecular formula is C14H18N2O5. The summed E-state index contributed by atoms with van der Waals surface area (Å²) in [6, 6.07) is 7.47. The highest BCUT2D eigenvalue weighted by Gasteiger charge is 2.22. The molecule has 114 valence electrons. The van der Waals surface area contributed by atoms with E-state index < -0.39 is 24.0 Å². The number of nitrogens with zero attached hydrogens (tertiary/aromatic N) is 1. The summed E-state index contributed by atoms with van der Waals surface area (Å²) in [5, 5.41) is 19.9. The number of nitrogens with one attached hydrogen (secondary N) is 1. The molecule has 0 aliphatic heterocycles. The first kappa shape index (κ1) is 16.5. The van der Waals surface area contributed by atoms with Crippen molar-refractivity contribution in [2.75, 3.05) is 7.05 Å². The van der Waals surface area contributed by atoms with Crippen LogP contribution in [0.5, 0.6) is 0 Å². The summed E-state index contributed by atoms with van der Waals surface area (Å²) in [6.07, 6.45) is -0.477. The molecule has 0 saturated heterocycles. The summed E-state index contributed by atoms with van der Waals surface area (Å²) < 4.78 is 0. The molecule has 3 N–H and O–H groups in total. The van der Waals surface area contributed by atoms with Gasteiger partial charge in [0.1, 0.15) is 6.04 Å². The van der Waals surface area contributed by atoms with Crippen LogP contribution in [0, 0.1) is 0 Å². The molecule has 0 saturated carbocycles. The quantitative estimate of drug-likeness (QED) is 0.699. The molecule has 1 aromatic rings. The van der Waals surface area contributed by atoms with Crippen molar-refractivity contribution in [3.8, 4) is 0 Å². The Morgan fingerprint density at radius 3 is 2.33 bits per heavy atom. The van der Waals surface area contributed by atoms with Gasteiger partial charge in [0.05, 0.1) is 0 Å². The van der Waals surface area contributed by atoms with Crippen LogP contribution in [0.15, 0.2) is 30.3 Å². The smallest absolute Gasteiger partial charge is 0.326 e. The van der Waals surface area contributed by atoms with Crippen LogP contribution in [0.4, 0.5) is 4.79 Å². The third-order valence-electron chi connectivity index (χ3n) is 2.85. The highest BCUT2D eigenvalue weighted by Crippen LogP contribution is 2.04. The summed E-state index contributed by atoms with van der Waals surface area (Å²) in [5.74, 6) is -2.36. The van der Waals surface area contributed by atoms with Gasteiger partial charge in [-0.2, -0.15) is 0 Å². The second-order valence-corrected chi connectivity index (χ2v) is 4.61. The van der Waals surface area contributed by atoms with Gasteiger partial charge in [-0.25, -0.2) is 9.59 Å². The number of rotatable bonds is 7. The van der Waals surface area contributed by atoms with Gasteiger partial charge in [0.2, 0.25) is 0 Å². The monoisotopic (exact) mass is 294 g/mol. The highest BCUT2D eigenvalue weighted by atomic mass is 16.4. The van der Waals surface area contributed by atoms with Gasteiger partial charge in [-0.15, -0.1) is 0 Å². The predicted molar refractivity (Wildman–Crippen MR) is 74.7 cm³/mol. The van der Waals surface area contributed by atoms with Crippen molar-refractivity contribution in [1.29, 1.82) is 0 Å². The number of carboxylic acid groups (broad SMARTS) is 2. The lowest BCUT2D eigenvalue weighted by molar-refractivity contribution is -0.140. The third kappa shape index (κ3) is 5.94. The van der Waals surface area contributed by atoms with E-state index in [1.54, 1.807) is 7.05 Å². The Hall–Kier alpha value is -2.57. The molecule has 1 atom stereocenters. The van der Waals surface area contributed by atoms with E-state index in [1.165, 1.54) is 4.90 Å². The molecule has 0 aliphatic carbocycles. The number of hydrogen-bond donors (Lipinski definition) is 3. The molecule has 0 radical (unpaired) electrons. The summed E-state index contributed by atoms with van der Waals surface area (Å²) >= 11 is 0. The van der Waals surface area contributed by atoms with E-state index >= 15 is 0 Å². The first-order valence-electron chi connectivity index (χ1n) is 6.40. The van der Waals surface area contributed by atoms with Crippen molar-refractivity contribution in [3.63, 3.8) is 0 Å². The van der Waals surface area contributed by atoms with Gasteiger partial charge in [0.15, 0.2) is 0 Å². The molecule has 7 heteroatoms. The molecule has 0 fully saturated rings. The lowest BCUT2D eigenvalue weighted by atomic mass is 10.1. The van der Waals surface area contributed by atoms with E-state index in [2.05, 4.69) is 5.32 Å². The molecule has 0 heterocycles. The van der Waals surface area contributed by atoms with Crippen molar-refractivity contribution < 1.29 is 24.6 Å². The zero-order valence-electron chi connectivity index (χ0n) is 11.7. The van der Waals surface area contributed by atoms with E-state index in [0.717, 1.165) is 5.56 Å². The standard InChI is InChI=1S/C14H18N2O5/c1-16(9-10-5-3-2-4-6-10)14(21)15-11(13(19)20)7-8-12(17)18/h2-6,11H,7-9H2,1H3,(H,15,21)(H,17,18)(H,19,20)/t11-/m0/s1. The maximum absolute atomic E-state index is 11.9. The Balaban J connectivity index is 2.56. The Morgan fingerprint density at radius 2 is 1.81 bits per heavy atom. The van der Waals surface area contributed by atoms with Gasteiger partial charge < -0.3 is 20.4 Å². The number of carbonyl (C=O) groups excluding carboxylic acids is 1. The molecule has 1 aromatic carbocycles. The van der Waals surface area contributed by atoms with Crippen LogP contribution in [0.1, 0.15) is 18.4 Å². The number of hydrogen-bond acceptors (Lipinski definition) is 3. The normalized spacial score (nSPS) is 11.5. The van der Waals surface area contributed by atoms with Gasteiger partial charge in [0.25, 0.3) is 0 Å². The van der Waals surface area contributed by atoms with Crippen molar-refractivity contribution in [3.05, 3.63) is 35.9 Å². The first-order valence-corrected chi connectivity index (χ1v) is 6.40. The fraction of sp³-hybridized carbons (Fsp3) is 0.357. The Morgan fingerprint density at radius 1 is 1.19 bits per heavy atom. The summed E-state index contributed by atoms with van der Waals surface area (Å²) in [4.78, 5) is 34.7. The summed E-state index contributed by atoms with van der Waals surface area (Å²) in [5.41, 5.74) is 0.910. The van der Waals surface area contributed by atoms with E-state index in [-0.39, 0.29) is 12.8 Å². The molecular weight excluding hydrogens is 276 g/mol. The van der Waals surface area contributed by atoms with E-state index in [9.17, 15) is 14.4 Å². The number of amides is 2. The van der Waals surface area contributed by atoms with Crippen LogP contribution in [0.2, 0.25) is 0 Å². The third-order valence-corrected chi connectivity index (χ3v) is 2.85. The fourth-order valence-corrected chi connectivity index (χ4v) is 1.71. The molecule has 1 rings (SSSR count). The average Bonchev–Trinajstić information content (AvgIpc) is 2.43. The van der Waals surface area contributed by atoms with Crippen LogP contribution < -0.4 is 5.32 Å². The molecule has 0 aliphatic rings. The molecule has 0 spiro atoms. The molecule has 7 nitrogen and oxygen atoms in total. The minimum Gasteiger partial charge on any atom is -0.481 e. The second kappa shape index (κ2) is 7.88. The van der Waals surface area contributed by atoms with Crippen molar-refractivity contribution in [2.24, 2.45) is 0 Å². The Kier molecular flexibility index (Phi) is 6.19. The molecule has 2 amide bonds. The van der Waals surface area contributed by atoms with Crippen LogP contribution in [0.25, 0.3) is 0 Å². The molecule has 0 aromatic heterocycles. The topological polar surface area (TPSA) is 107 Å². The average molecular weight is 294 g/mol. The number of aliphatic carboxylic acids is 2. The lowest BCUT2D eigenvalue weighted by Gasteiger charge is -2.21. The summed E-state index contributed by atoms with van der Waals surface area (Å²) in [6.45, 7) is 0.331. The van der Waals surface area contributed by atoms with E-state index in [0.29, 0.717) is 6.54 Å². The maximum Gasteiger partial charge on any atom is 0.326 e. The molecule has 0 unspecified atom stereocenters. The Labute approximate surface area is 122 Å². The highest BCUT2D eigenvalue weighted by molar-refractivity contribution is 5.82. The lowest BCUT2D eigenvalue weighted by Crippen LogP contribution is -2.46. The zero-order valence-corrected chi connectivity index (χ0v) is 11.7. The van der Waals surface area contributed by atoms with Crippen LogP contribution >= 0.6 is 0 Å². The van der Waals surface area contributed by atoms with Gasteiger partial charge in [0, 0.05) is 20.0 Å². The van der Waals surface area contributed by atoms with Gasteiger partial charge in [-0.3, -0.25) is 4.79 Å². The number of carbonyl (C=O) groups is 3. The fourth-order valence-electron chi connectivity index (χ4n) is 1.71. The van der Waals surface area contributed by atoms with Crippen LogP contribution in [-0.2, 0) is 16.1 Å². The van der Waals surface area contributed by atoms with Crippen molar-refractivity contribution in [1.82, 2.24) is 10.2 Å². The SMILES string of the molecule is CN(Cc1ccccc1)C(=O)N[C@@H](CCC(=O)O)C(=O)O. The minimum absolute atomic E-state index is 0.157. The van der Waals surface area contributed by atoms with Gasteiger partial charge >= 0.3 is 18.0 Å². The van der Waals surface area contributed by atoms with Gasteiger partial charge in [-0.1, -0.05) is 30.3 Å². The first-order chi connectivity index (χ1) is 9.90. The number of benzene rings is 1. The number of carboxylic acids is 2. The molecule has 0 bridgehead atoms.